The van der Waals surface area contributed by atoms with E-state index >= 15 is 0 Å². The fourth-order valence-corrected chi connectivity index (χ4v) is 3.48. The molecular weight excluding hydrogens is 432 g/mol. The summed E-state index contributed by atoms with van der Waals surface area (Å²) in [4.78, 5) is 25.9. The first-order chi connectivity index (χ1) is 16.7. The zero-order valence-electron chi connectivity index (χ0n) is 18.5. The number of fused-ring (bicyclic) bond motifs is 1. The summed E-state index contributed by atoms with van der Waals surface area (Å²) in [6, 6.07) is 19.9. The molecule has 0 aliphatic heterocycles. The van der Waals surface area contributed by atoms with Crippen molar-refractivity contribution < 1.29 is 14.3 Å². The molecule has 0 saturated carbocycles. The van der Waals surface area contributed by atoms with Gasteiger partial charge in [0, 0.05) is 6.20 Å². The monoisotopic (exact) mass is 454 g/mol. The van der Waals surface area contributed by atoms with Crippen LogP contribution in [0.5, 0.6) is 5.88 Å². The van der Waals surface area contributed by atoms with Gasteiger partial charge in [-0.05, 0) is 18.1 Å². The Morgan fingerprint density at radius 2 is 1.71 bits per heavy atom. The summed E-state index contributed by atoms with van der Waals surface area (Å²) in [5.74, 6) is 0.147. The minimum Gasteiger partial charge on any atom is -0.471 e. The van der Waals surface area contributed by atoms with E-state index in [1.807, 2.05) is 65.2 Å². The van der Waals surface area contributed by atoms with Crippen molar-refractivity contribution in [2.24, 2.45) is 0 Å². The number of aromatic nitrogens is 6. The number of imidazole rings is 1. The Balaban J connectivity index is 1.54. The van der Waals surface area contributed by atoms with Gasteiger partial charge in [-0.15, -0.1) is 0 Å². The quantitative estimate of drug-likeness (QED) is 0.329. The summed E-state index contributed by atoms with van der Waals surface area (Å²) >= 11 is 0. The van der Waals surface area contributed by atoms with E-state index in [0.717, 1.165) is 11.1 Å². The molecule has 5 rings (SSSR count). The lowest BCUT2D eigenvalue weighted by Gasteiger charge is -2.09. The minimum absolute atomic E-state index is 0.265. The van der Waals surface area contributed by atoms with Crippen LogP contribution < -0.4 is 4.74 Å². The molecule has 9 nitrogen and oxygen atoms in total. The zero-order chi connectivity index (χ0) is 23.3. The Morgan fingerprint density at radius 1 is 0.971 bits per heavy atom. The van der Waals surface area contributed by atoms with Gasteiger partial charge in [0.25, 0.3) is 5.95 Å². The number of hydrogen-bond donors (Lipinski definition) is 0. The Hall–Kier alpha value is -4.53. The number of hydrogen-bond acceptors (Lipinski definition) is 7. The third-order valence-corrected chi connectivity index (χ3v) is 5.13. The molecule has 0 amide bonds. The van der Waals surface area contributed by atoms with Gasteiger partial charge in [-0.3, -0.25) is 0 Å². The van der Waals surface area contributed by atoms with Crippen molar-refractivity contribution in [1.82, 2.24) is 29.3 Å². The van der Waals surface area contributed by atoms with E-state index in [4.69, 9.17) is 14.5 Å². The molecule has 5 aromatic rings. The van der Waals surface area contributed by atoms with Crippen LogP contribution in [0.25, 0.3) is 17.1 Å². The first kappa shape index (κ1) is 21.3. The smallest absolute Gasteiger partial charge is 0.341 e. The molecule has 0 saturated heterocycles. The van der Waals surface area contributed by atoms with Crippen molar-refractivity contribution in [1.29, 1.82) is 0 Å². The third-order valence-electron chi connectivity index (χ3n) is 5.13. The second-order valence-electron chi connectivity index (χ2n) is 7.53. The van der Waals surface area contributed by atoms with Crippen LogP contribution in [-0.2, 0) is 17.9 Å². The van der Waals surface area contributed by atoms with E-state index in [-0.39, 0.29) is 12.6 Å². The van der Waals surface area contributed by atoms with Crippen molar-refractivity contribution >= 4 is 17.1 Å². The first-order valence-electron chi connectivity index (χ1n) is 10.9. The molecule has 0 aliphatic rings. The van der Waals surface area contributed by atoms with Gasteiger partial charge in [-0.2, -0.15) is 15.1 Å². The molecule has 3 heterocycles. The van der Waals surface area contributed by atoms with Gasteiger partial charge in [0.15, 0.2) is 11.2 Å². The summed E-state index contributed by atoms with van der Waals surface area (Å²) in [6.07, 6.45) is 4.69. The van der Waals surface area contributed by atoms with E-state index in [9.17, 15) is 4.79 Å². The van der Waals surface area contributed by atoms with E-state index in [0.29, 0.717) is 35.8 Å². The number of esters is 1. The van der Waals surface area contributed by atoms with E-state index in [2.05, 4.69) is 15.1 Å². The highest BCUT2D eigenvalue weighted by Gasteiger charge is 2.18. The molecule has 34 heavy (non-hydrogen) atoms. The Kier molecular flexibility index (Phi) is 5.98. The predicted molar refractivity (Wildman–Crippen MR) is 125 cm³/mol. The lowest BCUT2D eigenvalue weighted by Crippen LogP contribution is -2.08. The molecule has 0 aliphatic carbocycles. The number of carbonyl (C=O) groups is 1. The average molecular weight is 454 g/mol. The van der Waals surface area contributed by atoms with Gasteiger partial charge in [0.1, 0.15) is 6.61 Å². The summed E-state index contributed by atoms with van der Waals surface area (Å²) in [7, 11) is 0. The minimum atomic E-state index is -0.454. The van der Waals surface area contributed by atoms with Crippen LogP contribution >= 0.6 is 0 Å². The fraction of sp³-hybridized carbons (Fsp3) is 0.160. The van der Waals surface area contributed by atoms with Crippen molar-refractivity contribution in [3.05, 3.63) is 96.1 Å². The van der Waals surface area contributed by atoms with Gasteiger partial charge in [-0.25, -0.2) is 14.5 Å². The number of carbonyl (C=O) groups excluding carboxylic acids is 1. The lowest BCUT2D eigenvalue weighted by atomic mass is 10.2. The summed E-state index contributed by atoms with van der Waals surface area (Å²) < 4.78 is 14.5. The lowest BCUT2D eigenvalue weighted by molar-refractivity contribution is 0.0526. The SMILES string of the molecule is CCOC(=O)c1cnn(-c2nc(OCc3ccccc3)c3ncn(Cc4ccccc4)c3n2)c1. The highest BCUT2D eigenvalue weighted by molar-refractivity contribution is 5.88. The molecule has 170 valence electrons. The Bertz CT molecular complexity index is 1410. The highest BCUT2D eigenvalue weighted by Crippen LogP contribution is 2.24. The number of benzene rings is 2. The number of rotatable bonds is 8. The Labute approximate surface area is 195 Å². The van der Waals surface area contributed by atoms with Crippen molar-refractivity contribution in [3.63, 3.8) is 0 Å². The van der Waals surface area contributed by atoms with Crippen LogP contribution in [0, 0.1) is 0 Å². The summed E-state index contributed by atoms with van der Waals surface area (Å²) in [5, 5.41) is 4.26. The second-order valence-corrected chi connectivity index (χ2v) is 7.53. The van der Waals surface area contributed by atoms with E-state index < -0.39 is 5.97 Å². The van der Waals surface area contributed by atoms with Crippen molar-refractivity contribution in [2.45, 2.75) is 20.1 Å². The van der Waals surface area contributed by atoms with Crippen LogP contribution in [0.1, 0.15) is 28.4 Å². The van der Waals surface area contributed by atoms with Crippen molar-refractivity contribution in [2.75, 3.05) is 6.61 Å². The standard InChI is InChI=1S/C25H22N6O3/c1-2-33-24(32)20-13-27-31(15-20)25-28-22-21(23(29-25)34-16-19-11-7-4-8-12-19)26-17-30(22)14-18-9-5-3-6-10-18/h3-13,15,17H,2,14,16H2,1H3. The van der Waals surface area contributed by atoms with E-state index in [1.165, 1.54) is 17.1 Å². The first-order valence-corrected chi connectivity index (χ1v) is 10.9. The molecule has 0 spiro atoms. The molecule has 0 fully saturated rings. The van der Waals surface area contributed by atoms with Gasteiger partial charge < -0.3 is 14.0 Å². The van der Waals surface area contributed by atoms with Crippen molar-refractivity contribution in [3.8, 4) is 11.8 Å². The second kappa shape index (κ2) is 9.53. The molecule has 9 heteroatoms. The van der Waals surface area contributed by atoms with Crippen LogP contribution in [0.4, 0.5) is 0 Å². The maximum absolute atomic E-state index is 12.1. The number of ether oxygens (including phenoxy) is 2. The normalized spacial score (nSPS) is 11.0. The van der Waals surface area contributed by atoms with Gasteiger partial charge in [0.05, 0.1) is 31.2 Å². The molecule has 0 radical (unpaired) electrons. The van der Waals surface area contributed by atoms with Crippen LogP contribution in [-0.4, -0.2) is 41.9 Å². The highest BCUT2D eigenvalue weighted by atomic mass is 16.5. The van der Waals surface area contributed by atoms with Crippen LogP contribution in [0.3, 0.4) is 0 Å². The van der Waals surface area contributed by atoms with Gasteiger partial charge >= 0.3 is 5.97 Å². The summed E-state index contributed by atoms with van der Waals surface area (Å²) in [5.41, 5.74) is 3.58. The molecule has 2 aromatic carbocycles. The zero-order valence-corrected chi connectivity index (χ0v) is 18.5. The maximum Gasteiger partial charge on any atom is 0.341 e. The average Bonchev–Trinajstić information content (AvgIpc) is 3.52. The molecule has 0 N–H and O–H groups in total. The largest absolute Gasteiger partial charge is 0.471 e. The third kappa shape index (κ3) is 4.49. The maximum atomic E-state index is 12.1. The molecular formula is C25H22N6O3. The molecule has 3 aromatic heterocycles. The van der Waals surface area contributed by atoms with Gasteiger partial charge in [-0.1, -0.05) is 60.7 Å². The number of nitrogens with zero attached hydrogens (tertiary/aromatic N) is 6. The molecule has 0 unspecified atom stereocenters. The van der Waals surface area contributed by atoms with Gasteiger partial charge in [0.2, 0.25) is 5.88 Å². The predicted octanol–water partition coefficient (Wildman–Crippen LogP) is 3.82. The topological polar surface area (TPSA) is 97.0 Å². The van der Waals surface area contributed by atoms with Crippen LogP contribution in [0.2, 0.25) is 0 Å². The van der Waals surface area contributed by atoms with E-state index in [1.54, 1.807) is 13.3 Å². The summed E-state index contributed by atoms with van der Waals surface area (Å²) in [6.45, 7) is 2.94. The molecule has 0 bridgehead atoms. The Morgan fingerprint density at radius 3 is 2.44 bits per heavy atom. The fourth-order valence-electron chi connectivity index (χ4n) is 3.48. The van der Waals surface area contributed by atoms with Crippen LogP contribution in [0.15, 0.2) is 79.4 Å². The molecule has 0 atom stereocenters.